The number of imidazole rings is 1. The van der Waals surface area contributed by atoms with Gasteiger partial charge in [-0.2, -0.15) is 0 Å². The normalized spacial score (nSPS) is 11.5. The predicted octanol–water partition coefficient (Wildman–Crippen LogP) is 4.05. The molecule has 0 aliphatic heterocycles. The van der Waals surface area contributed by atoms with Crippen LogP contribution in [0.4, 0.5) is 8.78 Å². The van der Waals surface area contributed by atoms with Crippen LogP contribution >= 0.6 is 27.5 Å². The fourth-order valence-electron chi connectivity index (χ4n) is 1.39. The fraction of sp³-hybridized carbons (Fsp3) is 0.222. The average molecular weight is 296 g/mol. The van der Waals surface area contributed by atoms with Crippen molar-refractivity contribution in [1.29, 1.82) is 0 Å². The first-order chi connectivity index (χ1) is 7.13. The summed E-state index contributed by atoms with van der Waals surface area (Å²) >= 11 is 8.91. The molecule has 1 N–H and O–H groups in total. The topological polar surface area (TPSA) is 28.7 Å². The van der Waals surface area contributed by atoms with Gasteiger partial charge in [0.2, 0.25) is 0 Å². The van der Waals surface area contributed by atoms with Crippen LogP contribution in [0.25, 0.3) is 11.0 Å². The second kappa shape index (κ2) is 4.06. The number of nitrogens with one attached hydrogen (secondary N) is 1. The molecular weight excluding hydrogens is 289 g/mol. The zero-order chi connectivity index (χ0) is 11.0. The number of alkyl halides is 3. The van der Waals surface area contributed by atoms with Crippen molar-refractivity contribution in [1.82, 2.24) is 9.97 Å². The lowest BCUT2D eigenvalue weighted by molar-refractivity contribution is 0.153. The molecule has 2 aromatic rings. The summed E-state index contributed by atoms with van der Waals surface area (Å²) in [6.07, 6.45) is -2.62. The van der Waals surface area contributed by atoms with E-state index in [0.29, 0.717) is 16.7 Å². The Labute approximate surface area is 97.8 Å². The van der Waals surface area contributed by atoms with Crippen LogP contribution in [-0.2, 0) is 5.33 Å². The van der Waals surface area contributed by atoms with Crippen molar-refractivity contribution in [3.63, 3.8) is 0 Å². The second-order valence-corrected chi connectivity index (χ2v) is 3.94. The van der Waals surface area contributed by atoms with Crippen LogP contribution in [0, 0.1) is 0 Å². The number of aromatic nitrogens is 2. The Morgan fingerprint density at radius 2 is 2.20 bits per heavy atom. The molecule has 0 unspecified atom stereocenters. The molecule has 6 heteroatoms. The van der Waals surface area contributed by atoms with Crippen molar-refractivity contribution >= 4 is 38.6 Å². The summed E-state index contributed by atoms with van der Waals surface area (Å²) in [6, 6.07) is 3.09. The summed E-state index contributed by atoms with van der Waals surface area (Å²) < 4.78 is 25.4. The van der Waals surface area contributed by atoms with E-state index in [2.05, 4.69) is 25.9 Å². The van der Waals surface area contributed by atoms with E-state index in [1.165, 1.54) is 6.07 Å². The van der Waals surface area contributed by atoms with Crippen LogP contribution in [0.3, 0.4) is 0 Å². The third kappa shape index (κ3) is 1.86. The quantitative estimate of drug-likeness (QED) is 0.832. The van der Waals surface area contributed by atoms with E-state index in [1.54, 1.807) is 6.07 Å². The maximum Gasteiger partial charge on any atom is 0.267 e. The van der Waals surface area contributed by atoms with E-state index in [1.807, 2.05) is 0 Å². The van der Waals surface area contributed by atoms with E-state index < -0.39 is 6.43 Å². The Hall–Kier alpha value is -0.680. The predicted molar refractivity (Wildman–Crippen MR) is 58.7 cm³/mol. The molecule has 0 atom stereocenters. The van der Waals surface area contributed by atoms with Gasteiger partial charge in [-0.25, -0.2) is 13.8 Å². The summed E-state index contributed by atoms with van der Waals surface area (Å²) in [4.78, 5) is 6.96. The standard InChI is InChI=1S/C9H6BrClF2N2/c10-3-6-14-5-2-1-4(11)7(9(12)13)8(5)15-6/h1-2,9H,3H2,(H,14,15). The molecule has 0 saturated carbocycles. The smallest absolute Gasteiger partial charge is 0.267 e. The molecule has 1 heterocycles. The van der Waals surface area contributed by atoms with Gasteiger partial charge in [-0.05, 0) is 12.1 Å². The minimum atomic E-state index is -2.62. The number of nitrogens with zero attached hydrogens (tertiary/aromatic N) is 1. The third-order valence-electron chi connectivity index (χ3n) is 2.03. The molecule has 0 bridgehead atoms. The van der Waals surface area contributed by atoms with Crippen LogP contribution in [0.1, 0.15) is 17.8 Å². The summed E-state index contributed by atoms with van der Waals surface area (Å²) in [5.74, 6) is 0.606. The number of benzene rings is 1. The first-order valence-corrected chi connectivity index (χ1v) is 5.64. The summed E-state index contributed by atoms with van der Waals surface area (Å²) in [7, 11) is 0. The number of halogens is 4. The van der Waals surface area contributed by atoms with Gasteiger partial charge in [0.1, 0.15) is 5.82 Å². The fourth-order valence-corrected chi connectivity index (χ4v) is 1.89. The van der Waals surface area contributed by atoms with E-state index in [4.69, 9.17) is 11.6 Å². The lowest BCUT2D eigenvalue weighted by Gasteiger charge is -2.02. The number of fused-ring (bicyclic) bond motifs is 1. The Balaban J connectivity index is 2.74. The lowest BCUT2D eigenvalue weighted by Crippen LogP contribution is -1.88. The molecule has 0 spiro atoms. The number of hydrogen-bond donors (Lipinski definition) is 1. The first kappa shape index (κ1) is 10.8. The van der Waals surface area contributed by atoms with Crippen molar-refractivity contribution < 1.29 is 8.78 Å². The Kier molecular flexibility index (Phi) is 2.93. The molecule has 0 amide bonds. The number of H-pyrrole nitrogens is 1. The van der Waals surface area contributed by atoms with Crippen LogP contribution in [0.2, 0.25) is 5.02 Å². The van der Waals surface area contributed by atoms with Crippen LogP contribution < -0.4 is 0 Å². The lowest BCUT2D eigenvalue weighted by atomic mass is 10.2. The van der Waals surface area contributed by atoms with Crippen molar-refractivity contribution in [2.24, 2.45) is 0 Å². The molecule has 80 valence electrons. The van der Waals surface area contributed by atoms with Crippen molar-refractivity contribution in [3.8, 4) is 0 Å². The second-order valence-electron chi connectivity index (χ2n) is 2.98. The Morgan fingerprint density at radius 1 is 1.47 bits per heavy atom. The van der Waals surface area contributed by atoms with Crippen molar-refractivity contribution in [2.75, 3.05) is 0 Å². The minimum Gasteiger partial charge on any atom is -0.341 e. The Morgan fingerprint density at radius 3 is 2.80 bits per heavy atom. The summed E-state index contributed by atoms with van der Waals surface area (Å²) in [5, 5.41) is 0.534. The monoisotopic (exact) mass is 294 g/mol. The molecular formula is C9H6BrClF2N2. The van der Waals surface area contributed by atoms with Gasteiger partial charge >= 0.3 is 0 Å². The zero-order valence-electron chi connectivity index (χ0n) is 7.40. The molecule has 0 aliphatic carbocycles. The highest BCUT2D eigenvalue weighted by molar-refractivity contribution is 9.08. The van der Waals surface area contributed by atoms with Crippen molar-refractivity contribution in [3.05, 3.63) is 28.5 Å². The van der Waals surface area contributed by atoms with E-state index in [-0.39, 0.29) is 16.1 Å². The van der Waals surface area contributed by atoms with E-state index >= 15 is 0 Å². The maximum absolute atomic E-state index is 12.7. The van der Waals surface area contributed by atoms with Crippen LogP contribution in [0.15, 0.2) is 12.1 Å². The van der Waals surface area contributed by atoms with Gasteiger partial charge < -0.3 is 4.98 Å². The zero-order valence-corrected chi connectivity index (χ0v) is 9.74. The van der Waals surface area contributed by atoms with Gasteiger partial charge in [0, 0.05) is 0 Å². The van der Waals surface area contributed by atoms with Gasteiger partial charge in [-0.1, -0.05) is 27.5 Å². The van der Waals surface area contributed by atoms with Crippen LogP contribution in [0.5, 0.6) is 0 Å². The Bertz CT molecular complexity index is 498. The first-order valence-electron chi connectivity index (χ1n) is 4.14. The van der Waals surface area contributed by atoms with Gasteiger partial charge in [0.15, 0.2) is 0 Å². The summed E-state index contributed by atoms with van der Waals surface area (Å²) in [5.41, 5.74) is 0.605. The SMILES string of the molecule is FC(F)c1c(Cl)ccc2[nH]c(CBr)nc12. The largest absolute Gasteiger partial charge is 0.341 e. The average Bonchev–Trinajstić information content (AvgIpc) is 2.59. The van der Waals surface area contributed by atoms with Gasteiger partial charge in [-0.3, -0.25) is 0 Å². The third-order valence-corrected chi connectivity index (χ3v) is 2.90. The van der Waals surface area contributed by atoms with Gasteiger partial charge in [0.25, 0.3) is 6.43 Å². The molecule has 1 aromatic carbocycles. The molecule has 0 aliphatic rings. The minimum absolute atomic E-state index is 0.0464. The molecule has 1 aromatic heterocycles. The van der Waals surface area contributed by atoms with Crippen LogP contribution in [-0.4, -0.2) is 9.97 Å². The summed E-state index contributed by atoms with van der Waals surface area (Å²) in [6.45, 7) is 0. The number of aromatic amines is 1. The molecule has 0 radical (unpaired) electrons. The molecule has 0 fully saturated rings. The van der Waals surface area contributed by atoms with E-state index in [9.17, 15) is 8.78 Å². The van der Waals surface area contributed by atoms with E-state index in [0.717, 1.165) is 0 Å². The highest BCUT2D eigenvalue weighted by Gasteiger charge is 2.18. The van der Waals surface area contributed by atoms with Gasteiger partial charge in [-0.15, -0.1) is 0 Å². The highest BCUT2D eigenvalue weighted by Crippen LogP contribution is 2.32. The maximum atomic E-state index is 12.7. The molecule has 2 rings (SSSR count). The molecule has 0 saturated heterocycles. The number of rotatable bonds is 2. The highest BCUT2D eigenvalue weighted by atomic mass is 79.9. The van der Waals surface area contributed by atoms with Crippen molar-refractivity contribution in [2.45, 2.75) is 11.8 Å². The molecule has 2 nitrogen and oxygen atoms in total. The molecule has 15 heavy (non-hydrogen) atoms. The number of hydrogen-bond acceptors (Lipinski definition) is 1. The van der Waals surface area contributed by atoms with Gasteiger partial charge in [0.05, 0.1) is 26.9 Å².